The lowest BCUT2D eigenvalue weighted by Crippen LogP contribution is -2.29. The Balaban J connectivity index is 1.81. The molecule has 0 N–H and O–H groups in total. The summed E-state index contributed by atoms with van der Waals surface area (Å²) in [5, 5.41) is 3.76. The summed E-state index contributed by atoms with van der Waals surface area (Å²) in [5.41, 5.74) is 1.54. The fraction of sp³-hybridized carbons (Fsp3) is 0.438. The number of ether oxygens (including phenoxy) is 1. The van der Waals surface area contributed by atoms with Gasteiger partial charge in [-0.25, -0.2) is 8.42 Å². The Hall–Kier alpha value is -1.86. The predicted octanol–water partition coefficient (Wildman–Crippen LogP) is 2.48. The predicted molar refractivity (Wildman–Crippen MR) is 85.1 cm³/mol. The Kier molecular flexibility index (Phi) is 4.16. The average Bonchev–Trinajstić information content (AvgIpc) is 3.15. The quantitative estimate of drug-likeness (QED) is 0.857. The van der Waals surface area contributed by atoms with Crippen LogP contribution in [0.1, 0.15) is 29.4 Å². The molecule has 0 radical (unpaired) electrons. The van der Waals surface area contributed by atoms with Crippen molar-refractivity contribution in [1.82, 2.24) is 9.46 Å². The first kappa shape index (κ1) is 16.0. The third kappa shape index (κ3) is 2.86. The molecule has 1 atom stereocenters. The molecule has 2 aromatic rings. The van der Waals surface area contributed by atoms with Gasteiger partial charge in [-0.3, -0.25) is 0 Å². The van der Waals surface area contributed by atoms with Crippen molar-refractivity contribution in [3.8, 4) is 5.75 Å². The van der Waals surface area contributed by atoms with Crippen LogP contribution in [0.15, 0.2) is 33.7 Å². The van der Waals surface area contributed by atoms with Crippen LogP contribution in [0.2, 0.25) is 0 Å². The van der Waals surface area contributed by atoms with Crippen LogP contribution in [0.4, 0.5) is 0 Å². The Labute approximate surface area is 136 Å². The third-order valence-electron chi connectivity index (χ3n) is 4.30. The van der Waals surface area contributed by atoms with Crippen LogP contribution in [-0.4, -0.2) is 38.1 Å². The highest BCUT2D eigenvalue weighted by molar-refractivity contribution is 7.89. The van der Waals surface area contributed by atoms with Gasteiger partial charge in [0.1, 0.15) is 16.3 Å². The number of nitrogens with zero attached hydrogens (tertiary/aromatic N) is 2. The molecule has 1 aromatic carbocycles. The molecule has 1 fully saturated rings. The number of rotatable bonds is 4. The van der Waals surface area contributed by atoms with Crippen LogP contribution in [0.5, 0.6) is 5.75 Å². The second-order valence-electron chi connectivity index (χ2n) is 5.78. The zero-order valence-corrected chi connectivity index (χ0v) is 14.3. The molecule has 124 valence electrons. The van der Waals surface area contributed by atoms with Crippen molar-refractivity contribution >= 4 is 10.0 Å². The van der Waals surface area contributed by atoms with Crippen molar-refractivity contribution in [1.29, 1.82) is 0 Å². The maximum atomic E-state index is 12.8. The van der Waals surface area contributed by atoms with E-state index in [4.69, 9.17) is 9.26 Å². The van der Waals surface area contributed by atoms with E-state index in [-0.39, 0.29) is 10.8 Å². The van der Waals surface area contributed by atoms with Gasteiger partial charge in [-0.05, 0) is 43.9 Å². The zero-order chi connectivity index (χ0) is 16.6. The van der Waals surface area contributed by atoms with Crippen LogP contribution in [-0.2, 0) is 10.0 Å². The molecule has 7 heteroatoms. The van der Waals surface area contributed by atoms with Gasteiger partial charge < -0.3 is 9.26 Å². The van der Waals surface area contributed by atoms with Crippen LogP contribution < -0.4 is 4.74 Å². The van der Waals surface area contributed by atoms with Crippen LogP contribution >= 0.6 is 0 Å². The van der Waals surface area contributed by atoms with Gasteiger partial charge in [0.05, 0.1) is 7.11 Å². The second kappa shape index (κ2) is 5.98. The van der Waals surface area contributed by atoms with E-state index in [0.29, 0.717) is 24.5 Å². The normalized spacial score (nSPS) is 19.2. The molecule has 0 aliphatic carbocycles. The molecule has 0 amide bonds. The lowest BCUT2D eigenvalue weighted by Gasteiger charge is -2.16. The summed E-state index contributed by atoms with van der Waals surface area (Å²) >= 11 is 0. The number of methoxy groups -OCH3 is 1. The molecule has 0 bridgehead atoms. The molecular weight excluding hydrogens is 316 g/mol. The Bertz CT molecular complexity index is 776. The van der Waals surface area contributed by atoms with Gasteiger partial charge in [0, 0.05) is 13.1 Å². The summed E-state index contributed by atoms with van der Waals surface area (Å²) in [7, 11) is -1.93. The zero-order valence-electron chi connectivity index (χ0n) is 13.4. The molecule has 1 unspecified atom stereocenters. The van der Waals surface area contributed by atoms with Crippen molar-refractivity contribution in [2.75, 3.05) is 20.2 Å². The van der Waals surface area contributed by atoms with Crippen LogP contribution in [0.3, 0.4) is 0 Å². The highest BCUT2D eigenvalue weighted by Gasteiger charge is 2.36. The molecular formula is C16H20N2O4S. The van der Waals surface area contributed by atoms with Gasteiger partial charge in [-0.1, -0.05) is 17.3 Å². The molecule has 0 spiro atoms. The van der Waals surface area contributed by atoms with E-state index in [1.807, 2.05) is 24.3 Å². The Morgan fingerprint density at radius 1 is 1.26 bits per heavy atom. The summed E-state index contributed by atoms with van der Waals surface area (Å²) in [6.45, 7) is 4.26. The van der Waals surface area contributed by atoms with E-state index >= 15 is 0 Å². The molecule has 1 aliphatic rings. The number of aromatic nitrogens is 1. The van der Waals surface area contributed by atoms with Crippen molar-refractivity contribution < 1.29 is 17.7 Å². The molecule has 1 saturated heterocycles. The van der Waals surface area contributed by atoms with E-state index in [2.05, 4.69) is 5.16 Å². The van der Waals surface area contributed by atoms with E-state index < -0.39 is 10.0 Å². The Morgan fingerprint density at radius 2 is 1.96 bits per heavy atom. The molecule has 2 heterocycles. The van der Waals surface area contributed by atoms with Gasteiger partial charge >= 0.3 is 0 Å². The number of sulfonamides is 1. The average molecular weight is 336 g/mol. The third-order valence-corrected chi connectivity index (χ3v) is 6.41. The largest absolute Gasteiger partial charge is 0.497 e. The summed E-state index contributed by atoms with van der Waals surface area (Å²) in [5.74, 6) is 1.33. The highest BCUT2D eigenvalue weighted by atomic mass is 32.2. The lowest BCUT2D eigenvalue weighted by atomic mass is 9.99. The minimum atomic E-state index is -3.56. The molecule has 1 aliphatic heterocycles. The topological polar surface area (TPSA) is 72.6 Å². The number of aryl methyl sites for hydroxylation is 2. The van der Waals surface area contributed by atoms with Crippen LogP contribution in [0, 0.1) is 13.8 Å². The monoisotopic (exact) mass is 336 g/mol. The molecule has 1 aromatic heterocycles. The smallest absolute Gasteiger partial charge is 0.248 e. The van der Waals surface area contributed by atoms with Crippen molar-refractivity contribution in [3.63, 3.8) is 0 Å². The minimum absolute atomic E-state index is 0.191. The maximum Gasteiger partial charge on any atom is 0.248 e. The SMILES string of the molecule is COc1ccc(C2CCN(S(=O)(=O)c3c(C)noc3C)C2)cc1. The van der Waals surface area contributed by atoms with E-state index in [1.54, 1.807) is 21.0 Å². The van der Waals surface area contributed by atoms with Crippen molar-refractivity contribution in [3.05, 3.63) is 41.3 Å². The van der Waals surface area contributed by atoms with E-state index in [0.717, 1.165) is 17.7 Å². The summed E-state index contributed by atoms with van der Waals surface area (Å²) in [6.07, 6.45) is 0.801. The fourth-order valence-corrected chi connectivity index (χ4v) is 4.86. The first-order chi connectivity index (χ1) is 10.9. The Morgan fingerprint density at radius 3 is 2.52 bits per heavy atom. The van der Waals surface area contributed by atoms with Crippen LogP contribution in [0.25, 0.3) is 0 Å². The van der Waals surface area contributed by atoms with E-state index in [1.165, 1.54) is 4.31 Å². The fourth-order valence-electron chi connectivity index (χ4n) is 3.07. The number of hydrogen-bond acceptors (Lipinski definition) is 5. The van der Waals surface area contributed by atoms with Gasteiger partial charge in [0.2, 0.25) is 10.0 Å². The minimum Gasteiger partial charge on any atom is -0.497 e. The first-order valence-corrected chi connectivity index (χ1v) is 8.94. The lowest BCUT2D eigenvalue weighted by molar-refractivity contribution is 0.389. The van der Waals surface area contributed by atoms with Gasteiger partial charge in [0.25, 0.3) is 0 Å². The standard InChI is InChI=1S/C16H20N2O4S/c1-11-16(12(2)22-17-11)23(19,20)18-9-8-14(10-18)13-4-6-15(21-3)7-5-13/h4-7,14H,8-10H2,1-3H3. The van der Waals surface area contributed by atoms with Crippen molar-refractivity contribution in [2.24, 2.45) is 0 Å². The van der Waals surface area contributed by atoms with Gasteiger partial charge in [0.15, 0.2) is 5.76 Å². The van der Waals surface area contributed by atoms with Crippen molar-refractivity contribution in [2.45, 2.75) is 31.1 Å². The summed E-state index contributed by atoms with van der Waals surface area (Å²) in [6, 6.07) is 7.80. The summed E-state index contributed by atoms with van der Waals surface area (Å²) in [4.78, 5) is 0.202. The maximum absolute atomic E-state index is 12.8. The molecule has 23 heavy (non-hydrogen) atoms. The first-order valence-electron chi connectivity index (χ1n) is 7.50. The molecule has 3 rings (SSSR count). The number of hydrogen-bond donors (Lipinski definition) is 0. The van der Waals surface area contributed by atoms with Gasteiger partial charge in [-0.2, -0.15) is 4.31 Å². The van der Waals surface area contributed by atoms with E-state index in [9.17, 15) is 8.42 Å². The molecule has 0 saturated carbocycles. The summed E-state index contributed by atoms with van der Waals surface area (Å²) < 4.78 is 37.3. The highest BCUT2D eigenvalue weighted by Crippen LogP contribution is 2.33. The molecule has 6 nitrogen and oxygen atoms in total. The second-order valence-corrected chi connectivity index (χ2v) is 7.65. The number of benzene rings is 1. The van der Waals surface area contributed by atoms with Gasteiger partial charge in [-0.15, -0.1) is 0 Å².